The van der Waals surface area contributed by atoms with Gasteiger partial charge < -0.3 is 0 Å². The second kappa shape index (κ2) is 6.19. The minimum atomic E-state index is -0.553. The highest BCUT2D eigenvalue weighted by atomic mass is 32.2. The second-order valence-corrected chi connectivity index (χ2v) is 5.10. The van der Waals surface area contributed by atoms with Gasteiger partial charge in [0, 0.05) is 23.8 Å². The maximum absolute atomic E-state index is 12.1. The number of nitro groups is 1. The van der Waals surface area contributed by atoms with Crippen molar-refractivity contribution in [2.24, 2.45) is 0 Å². The van der Waals surface area contributed by atoms with Crippen molar-refractivity contribution in [1.29, 1.82) is 5.26 Å². The Balaban J connectivity index is 2.14. The summed E-state index contributed by atoms with van der Waals surface area (Å²) in [6, 6.07) is 7.00. The Kier molecular flexibility index (Phi) is 4.35. The molecule has 0 spiro atoms. The molecule has 0 N–H and O–H groups in total. The molecular weight excluding hydrogens is 294 g/mol. The third-order valence-electron chi connectivity index (χ3n) is 2.80. The van der Waals surface area contributed by atoms with E-state index >= 15 is 0 Å². The lowest BCUT2D eigenvalue weighted by atomic mass is 10.1. The van der Waals surface area contributed by atoms with Gasteiger partial charge in [0.05, 0.1) is 28.3 Å². The maximum Gasteiger partial charge on any atom is 0.269 e. The molecule has 0 aromatic heterocycles. The molecule has 1 aliphatic heterocycles. The number of thioether (sulfide) groups is 1. The van der Waals surface area contributed by atoms with E-state index in [0.29, 0.717) is 5.03 Å². The molecule has 8 heteroatoms. The van der Waals surface area contributed by atoms with Crippen LogP contribution in [-0.2, 0) is 4.79 Å². The highest BCUT2D eigenvalue weighted by molar-refractivity contribution is 8.04. The Bertz CT molecular complexity index is 676. The minimum absolute atomic E-state index is 0.107. The van der Waals surface area contributed by atoms with Gasteiger partial charge in [-0.05, 0) is 12.1 Å². The van der Waals surface area contributed by atoms with Crippen LogP contribution < -0.4 is 0 Å². The van der Waals surface area contributed by atoms with Crippen LogP contribution in [0.15, 0.2) is 35.4 Å². The number of benzene rings is 1. The number of Topliss-reactive ketones (excluding diaryl/α,β-unsaturated/α-hetero) is 1. The molecule has 0 saturated carbocycles. The SMILES string of the molecule is N#C/C=C1\SCC(=O)N1CC(=O)c1ccc([N+](=O)[O-])cc1. The molecule has 106 valence electrons. The molecule has 1 fully saturated rings. The van der Waals surface area contributed by atoms with Crippen LogP contribution in [0.25, 0.3) is 0 Å². The summed E-state index contributed by atoms with van der Waals surface area (Å²) >= 11 is 1.20. The molecule has 0 aliphatic carbocycles. The van der Waals surface area contributed by atoms with Crippen molar-refractivity contribution in [3.63, 3.8) is 0 Å². The first-order chi connectivity index (χ1) is 10.0. The summed E-state index contributed by atoms with van der Waals surface area (Å²) < 4.78 is 0. The van der Waals surface area contributed by atoms with Crippen molar-refractivity contribution in [3.05, 3.63) is 51.0 Å². The van der Waals surface area contributed by atoms with Gasteiger partial charge in [0.25, 0.3) is 5.69 Å². The summed E-state index contributed by atoms with van der Waals surface area (Å²) in [6.45, 7) is -0.183. The van der Waals surface area contributed by atoms with Crippen molar-refractivity contribution in [2.45, 2.75) is 0 Å². The van der Waals surface area contributed by atoms with Crippen molar-refractivity contribution in [2.75, 3.05) is 12.3 Å². The molecule has 0 unspecified atom stereocenters. The van der Waals surface area contributed by atoms with Gasteiger partial charge in [-0.1, -0.05) is 11.8 Å². The van der Waals surface area contributed by atoms with Crippen molar-refractivity contribution in [1.82, 2.24) is 4.90 Å². The molecule has 7 nitrogen and oxygen atoms in total. The van der Waals surface area contributed by atoms with Gasteiger partial charge in [-0.2, -0.15) is 5.26 Å². The van der Waals surface area contributed by atoms with E-state index < -0.39 is 4.92 Å². The first kappa shape index (κ1) is 14.7. The number of hydrogen-bond donors (Lipinski definition) is 0. The van der Waals surface area contributed by atoms with Gasteiger partial charge in [-0.25, -0.2) is 0 Å². The van der Waals surface area contributed by atoms with Gasteiger partial charge in [0.2, 0.25) is 5.91 Å². The predicted octanol–water partition coefficient (Wildman–Crippen LogP) is 1.72. The van der Waals surface area contributed by atoms with E-state index in [1.54, 1.807) is 0 Å². The Morgan fingerprint density at radius 2 is 2.14 bits per heavy atom. The molecule has 1 aromatic rings. The standard InChI is InChI=1S/C13H9N3O4S/c14-6-5-13-15(12(18)8-21-13)7-11(17)9-1-3-10(4-2-9)16(19)20/h1-5H,7-8H2/b13-5-. The van der Waals surface area contributed by atoms with E-state index in [-0.39, 0.29) is 35.2 Å². The quantitative estimate of drug-likeness (QED) is 0.363. The van der Waals surface area contributed by atoms with Gasteiger partial charge in [-0.3, -0.25) is 24.6 Å². The summed E-state index contributed by atoms with van der Waals surface area (Å²) in [7, 11) is 0. The highest BCUT2D eigenvalue weighted by Crippen LogP contribution is 2.28. The number of nitro benzene ring substituents is 1. The lowest BCUT2D eigenvalue weighted by Gasteiger charge is -2.15. The summed E-state index contributed by atoms with van der Waals surface area (Å²) in [5.74, 6) is -0.387. The number of amides is 1. The number of ketones is 1. The summed E-state index contributed by atoms with van der Waals surface area (Å²) in [6.07, 6.45) is 1.22. The average molecular weight is 303 g/mol. The third-order valence-corrected chi connectivity index (χ3v) is 3.83. The molecule has 0 bridgehead atoms. The Morgan fingerprint density at radius 1 is 1.48 bits per heavy atom. The third kappa shape index (κ3) is 3.27. The number of rotatable bonds is 4. The molecule has 2 rings (SSSR count). The number of carbonyl (C=O) groups excluding carboxylic acids is 2. The number of non-ortho nitro benzene ring substituents is 1. The van der Waals surface area contributed by atoms with Crippen LogP contribution in [0.4, 0.5) is 5.69 Å². The molecule has 1 amide bonds. The lowest BCUT2D eigenvalue weighted by molar-refractivity contribution is -0.384. The Hall–Kier alpha value is -2.66. The van der Waals surface area contributed by atoms with Gasteiger partial charge >= 0.3 is 0 Å². The van der Waals surface area contributed by atoms with Crippen LogP contribution in [0.3, 0.4) is 0 Å². The van der Waals surface area contributed by atoms with Crippen LogP contribution in [0.2, 0.25) is 0 Å². The predicted molar refractivity (Wildman–Crippen MR) is 75.3 cm³/mol. The number of nitriles is 1. The Labute approximate surface area is 124 Å². The Morgan fingerprint density at radius 3 is 2.71 bits per heavy atom. The number of nitrogens with zero attached hydrogens (tertiary/aromatic N) is 3. The average Bonchev–Trinajstić information content (AvgIpc) is 2.81. The molecule has 0 radical (unpaired) electrons. The summed E-state index contributed by atoms with van der Waals surface area (Å²) in [4.78, 5) is 35.0. The first-order valence-corrected chi connectivity index (χ1v) is 6.82. The fraction of sp³-hybridized carbons (Fsp3) is 0.154. The van der Waals surface area contributed by atoms with E-state index in [2.05, 4.69) is 0 Å². The van der Waals surface area contributed by atoms with Gasteiger partial charge in [-0.15, -0.1) is 0 Å². The fourth-order valence-electron chi connectivity index (χ4n) is 1.76. The normalized spacial score (nSPS) is 16.0. The highest BCUT2D eigenvalue weighted by Gasteiger charge is 2.28. The summed E-state index contributed by atoms with van der Waals surface area (Å²) in [5, 5.41) is 19.6. The second-order valence-electron chi connectivity index (χ2n) is 4.11. The zero-order valence-corrected chi connectivity index (χ0v) is 11.5. The van der Waals surface area contributed by atoms with E-state index in [1.807, 2.05) is 6.07 Å². The maximum atomic E-state index is 12.1. The van der Waals surface area contributed by atoms with Crippen LogP contribution >= 0.6 is 11.8 Å². The monoisotopic (exact) mass is 303 g/mol. The zero-order valence-electron chi connectivity index (χ0n) is 10.7. The van der Waals surface area contributed by atoms with E-state index in [1.165, 1.54) is 47.0 Å². The molecule has 1 aromatic carbocycles. The van der Waals surface area contributed by atoms with Crippen molar-refractivity contribution >= 4 is 29.1 Å². The van der Waals surface area contributed by atoms with Crippen LogP contribution in [0, 0.1) is 21.4 Å². The van der Waals surface area contributed by atoms with E-state index in [9.17, 15) is 19.7 Å². The molecule has 0 atom stereocenters. The zero-order chi connectivity index (χ0) is 15.4. The van der Waals surface area contributed by atoms with Crippen molar-refractivity contribution in [3.8, 4) is 6.07 Å². The summed E-state index contributed by atoms with van der Waals surface area (Å²) in [5.41, 5.74) is 0.172. The molecule has 1 aliphatic rings. The fourth-order valence-corrected chi connectivity index (χ4v) is 2.64. The van der Waals surface area contributed by atoms with E-state index in [0.717, 1.165) is 0 Å². The molecule has 1 saturated heterocycles. The van der Waals surface area contributed by atoms with Crippen LogP contribution in [-0.4, -0.2) is 33.8 Å². The van der Waals surface area contributed by atoms with Crippen LogP contribution in [0.5, 0.6) is 0 Å². The first-order valence-electron chi connectivity index (χ1n) is 5.83. The van der Waals surface area contributed by atoms with Crippen LogP contribution in [0.1, 0.15) is 10.4 Å². The largest absolute Gasteiger partial charge is 0.298 e. The molecule has 1 heterocycles. The smallest absolute Gasteiger partial charge is 0.269 e. The van der Waals surface area contributed by atoms with Gasteiger partial charge in [0.15, 0.2) is 5.78 Å². The lowest BCUT2D eigenvalue weighted by Crippen LogP contribution is -2.30. The topological polar surface area (TPSA) is 104 Å². The van der Waals surface area contributed by atoms with E-state index in [4.69, 9.17) is 5.26 Å². The van der Waals surface area contributed by atoms with Crippen molar-refractivity contribution < 1.29 is 14.5 Å². The molecule has 21 heavy (non-hydrogen) atoms. The number of allylic oxidation sites excluding steroid dienone is 1. The minimum Gasteiger partial charge on any atom is -0.298 e. The number of carbonyl (C=O) groups is 2. The molecular formula is C13H9N3O4S. The number of hydrogen-bond acceptors (Lipinski definition) is 6. The van der Waals surface area contributed by atoms with Gasteiger partial charge in [0.1, 0.15) is 0 Å².